The third-order valence-electron chi connectivity index (χ3n) is 3.74. The number of amides is 2. The Morgan fingerprint density at radius 2 is 2.08 bits per heavy atom. The fraction of sp³-hybridized carbons (Fsp3) is 0.167. The number of carbonyl (C=O) groups excluding carboxylic acids is 2. The number of anilines is 1. The molecule has 0 saturated heterocycles. The normalized spacial score (nSPS) is 10.4. The summed E-state index contributed by atoms with van der Waals surface area (Å²) in [7, 11) is 3.16. The molecule has 0 fully saturated rings. The molecule has 0 radical (unpaired) electrons. The van der Waals surface area contributed by atoms with E-state index in [2.05, 4.69) is 15.7 Å². The largest absolute Gasteiger partial charge is 0.497 e. The summed E-state index contributed by atoms with van der Waals surface area (Å²) < 4.78 is 11.7. The maximum absolute atomic E-state index is 12.5. The summed E-state index contributed by atoms with van der Waals surface area (Å²) in [4.78, 5) is 24.9. The molecule has 0 aliphatic carbocycles. The third kappa shape index (κ3) is 3.75. The molecular formula is C18H18N4O4. The van der Waals surface area contributed by atoms with Crippen LogP contribution < -0.4 is 15.4 Å². The van der Waals surface area contributed by atoms with Crippen LogP contribution in [0.5, 0.6) is 5.75 Å². The smallest absolute Gasteiger partial charge is 0.272 e. The highest BCUT2D eigenvalue weighted by atomic mass is 16.5. The molecule has 2 heterocycles. The number of ether oxygens (including phenoxy) is 1. The molecule has 134 valence electrons. The van der Waals surface area contributed by atoms with E-state index in [1.54, 1.807) is 43.4 Å². The van der Waals surface area contributed by atoms with Gasteiger partial charge in [-0.2, -0.15) is 5.10 Å². The van der Waals surface area contributed by atoms with Gasteiger partial charge in [-0.05, 0) is 30.3 Å². The molecule has 3 rings (SSSR count). The Balaban J connectivity index is 1.74. The molecule has 0 unspecified atom stereocenters. The standard InChI is InChI=1S/C18H18N4O4/c1-22-16(18(24)19-10-14-7-4-8-26-14)15(11-20-22)21-17(23)12-5-3-6-13(9-12)25-2/h3-9,11H,10H2,1-2H3,(H,19,24)(H,21,23). The molecule has 1 aromatic carbocycles. The number of hydrogen-bond donors (Lipinski definition) is 2. The van der Waals surface area contributed by atoms with Crippen LogP contribution in [0.2, 0.25) is 0 Å². The van der Waals surface area contributed by atoms with Crippen molar-refractivity contribution in [1.29, 1.82) is 0 Å². The predicted molar refractivity (Wildman–Crippen MR) is 94.0 cm³/mol. The summed E-state index contributed by atoms with van der Waals surface area (Å²) >= 11 is 0. The minimum absolute atomic E-state index is 0.236. The van der Waals surface area contributed by atoms with Crippen molar-refractivity contribution in [3.8, 4) is 5.75 Å². The second kappa shape index (κ2) is 7.56. The third-order valence-corrected chi connectivity index (χ3v) is 3.74. The number of hydrogen-bond acceptors (Lipinski definition) is 5. The highest BCUT2D eigenvalue weighted by Crippen LogP contribution is 2.18. The Labute approximate surface area is 149 Å². The first-order chi connectivity index (χ1) is 12.6. The minimum atomic E-state index is -0.373. The van der Waals surface area contributed by atoms with Gasteiger partial charge in [0.25, 0.3) is 11.8 Å². The van der Waals surface area contributed by atoms with Crippen LogP contribution in [-0.4, -0.2) is 28.7 Å². The fourth-order valence-corrected chi connectivity index (χ4v) is 2.42. The lowest BCUT2D eigenvalue weighted by Crippen LogP contribution is -2.26. The molecule has 2 N–H and O–H groups in total. The number of benzene rings is 1. The second-order valence-electron chi connectivity index (χ2n) is 5.48. The molecule has 0 aliphatic rings. The zero-order valence-electron chi connectivity index (χ0n) is 14.4. The Morgan fingerprint density at radius 3 is 2.81 bits per heavy atom. The zero-order chi connectivity index (χ0) is 18.5. The van der Waals surface area contributed by atoms with E-state index in [4.69, 9.17) is 9.15 Å². The van der Waals surface area contributed by atoms with Crippen molar-refractivity contribution in [2.45, 2.75) is 6.54 Å². The lowest BCUT2D eigenvalue weighted by Gasteiger charge is -2.09. The molecule has 0 spiro atoms. The zero-order valence-corrected chi connectivity index (χ0v) is 14.4. The van der Waals surface area contributed by atoms with Crippen LogP contribution in [0.1, 0.15) is 26.6 Å². The van der Waals surface area contributed by atoms with E-state index in [1.807, 2.05) is 0 Å². The van der Waals surface area contributed by atoms with Gasteiger partial charge in [-0.25, -0.2) is 0 Å². The van der Waals surface area contributed by atoms with Gasteiger partial charge in [0.15, 0.2) is 0 Å². The quantitative estimate of drug-likeness (QED) is 0.707. The number of nitrogens with zero attached hydrogens (tertiary/aromatic N) is 2. The van der Waals surface area contributed by atoms with E-state index in [-0.39, 0.29) is 24.1 Å². The van der Waals surface area contributed by atoms with Crippen LogP contribution in [0.25, 0.3) is 0 Å². The van der Waals surface area contributed by atoms with Crippen LogP contribution >= 0.6 is 0 Å². The molecule has 8 nitrogen and oxygen atoms in total. The molecule has 0 saturated carbocycles. The monoisotopic (exact) mass is 354 g/mol. The van der Waals surface area contributed by atoms with Crippen molar-refractivity contribution in [3.05, 3.63) is 65.9 Å². The number of nitrogens with one attached hydrogen (secondary N) is 2. The SMILES string of the molecule is COc1cccc(C(=O)Nc2cnn(C)c2C(=O)NCc2ccco2)c1. The summed E-state index contributed by atoms with van der Waals surface area (Å²) in [5.41, 5.74) is 0.972. The van der Waals surface area contributed by atoms with Gasteiger partial charge in [0.1, 0.15) is 17.2 Å². The van der Waals surface area contributed by atoms with E-state index < -0.39 is 0 Å². The molecule has 3 aromatic rings. The van der Waals surface area contributed by atoms with Gasteiger partial charge < -0.3 is 19.8 Å². The summed E-state index contributed by atoms with van der Waals surface area (Å²) in [5.74, 6) is 0.460. The van der Waals surface area contributed by atoms with Crippen LogP contribution in [0.4, 0.5) is 5.69 Å². The molecule has 2 amide bonds. The number of aryl methyl sites for hydroxylation is 1. The van der Waals surface area contributed by atoms with Gasteiger partial charge >= 0.3 is 0 Å². The first-order valence-electron chi connectivity index (χ1n) is 7.86. The maximum Gasteiger partial charge on any atom is 0.272 e. The van der Waals surface area contributed by atoms with Crippen molar-refractivity contribution < 1.29 is 18.7 Å². The van der Waals surface area contributed by atoms with E-state index in [1.165, 1.54) is 24.3 Å². The van der Waals surface area contributed by atoms with Gasteiger partial charge in [-0.3, -0.25) is 14.3 Å². The van der Waals surface area contributed by atoms with E-state index >= 15 is 0 Å². The Kier molecular flexibility index (Phi) is 5.02. The van der Waals surface area contributed by atoms with Gasteiger partial charge in [-0.1, -0.05) is 6.07 Å². The Morgan fingerprint density at radius 1 is 1.23 bits per heavy atom. The number of methoxy groups -OCH3 is 1. The summed E-state index contributed by atoms with van der Waals surface area (Å²) in [6.07, 6.45) is 2.96. The number of carbonyl (C=O) groups is 2. The van der Waals surface area contributed by atoms with Crippen molar-refractivity contribution in [2.24, 2.45) is 7.05 Å². The van der Waals surface area contributed by atoms with Crippen LogP contribution in [0.15, 0.2) is 53.3 Å². The highest BCUT2D eigenvalue weighted by Gasteiger charge is 2.19. The molecular weight excluding hydrogens is 336 g/mol. The molecule has 8 heteroatoms. The van der Waals surface area contributed by atoms with Gasteiger partial charge in [0, 0.05) is 12.6 Å². The second-order valence-corrected chi connectivity index (χ2v) is 5.48. The lowest BCUT2D eigenvalue weighted by atomic mass is 10.2. The predicted octanol–water partition coefficient (Wildman–Crippen LogP) is 2.20. The van der Waals surface area contributed by atoms with Gasteiger partial charge in [0.2, 0.25) is 0 Å². The number of furan rings is 1. The van der Waals surface area contributed by atoms with Gasteiger partial charge in [0.05, 0.1) is 31.8 Å². The molecule has 2 aromatic heterocycles. The van der Waals surface area contributed by atoms with Crippen LogP contribution in [0, 0.1) is 0 Å². The molecule has 26 heavy (non-hydrogen) atoms. The summed E-state index contributed by atoms with van der Waals surface area (Å²) in [6, 6.07) is 10.2. The number of rotatable bonds is 6. The molecule has 0 atom stereocenters. The summed E-state index contributed by atoms with van der Waals surface area (Å²) in [6.45, 7) is 0.236. The highest BCUT2D eigenvalue weighted by molar-refractivity contribution is 6.08. The van der Waals surface area contributed by atoms with Crippen molar-refractivity contribution in [2.75, 3.05) is 12.4 Å². The summed E-state index contributed by atoms with van der Waals surface area (Å²) in [5, 5.41) is 9.50. The van der Waals surface area contributed by atoms with Crippen LogP contribution in [0.3, 0.4) is 0 Å². The number of aromatic nitrogens is 2. The van der Waals surface area contributed by atoms with E-state index in [9.17, 15) is 9.59 Å². The van der Waals surface area contributed by atoms with E-state index in [0.717, 1.165) is 0 Å². The molecule has 0 aliphatic heterocycles. The average molecular weight is 354 g/mol. The van der Waals surface area contributed by atoms with Crippen molar-refractivity contribution >= 4 is 17.5 Å². The maximum atomic E-state index is 12.5. The minimum Gasteiger partial charge on any atom is -0.497 e. The van der Waals surface area contributed by atoms with E-state index in [0.29, 0.717) is 22.8 Å². The first kappa shape index (κ1) is 17.3. The fourth-order valence-electron chi connectivity index (χ4n) is 2.42. The first-order valence-corrected chi connectivity index (χ1v) is 7.86. The van der Waals surface area contributed by atoms with Gasteiger partial charge in [-0.15, -0.1) is 0 Å². The van der Waals surface area contributed by atoms with Crippen LogP contribution in [-0.2, 0) is 13.6 Å². The lowest BCUT2D eigenvalue weighted by molar-refractivity contribution is 0.0939. The topological polar surface area (TPSA) is 98.4 Å². The Bertz CT molecular complexity index is 915. The molecule has 0 bridgehead atoms. The van der Waals surface area contributed by atoms with Crippen molar-refractivity contribution in [3.63, 3.8) is 0 Å². The van der Waals surface area contributed by atoms with Crippen molar-refractivity contribution in [1.82, 2.24) is 15.1 Å². The average Bonchev–Trinajstić information content (AvgIpc) is 3.29. The Hall–Kier alpha value is -3.55.